The number of carboxylic acids is 1. The van der Waals surface area contributed by atoms with Crippen LogP contribution in [0.15, 0.2) is 48.5 Å². The SMILES string of the molecule is Cc1cccc(CN(CCC(=O)N2CCNCC2)C(=O)c2ccc(C(C)(C)C)cc2)c1.O=C(O)C(F)(F)F. The van der Waals surface area contributed by atoms with E-state index in [4.69, 9.17) is 9.90 Å². The summed E-state index contributed by atoms with van der Waals surface area (Å²) < 4.78 is 31.7. The van der Waals surface area contributed by atoms with Crippen LogP contribution in [0.3, 0.4) is 0 Å². The van der Waals surface area contributed by atoms with Crippen LogP contribution in [0.5, 0.6) is 0 Å². The van der Waals surface area contributed by atoms with Crippen molar-refractivity contribution in [2.24, 2.45) is 0 Å². The molecule has 1 saturated heterocycles. The van der Waals surface area contributed by atoms with E-state index < -0.39 is 12.1 Å². The average molecular weight is 536 g/mol. The Kier molecular flexibility index (Phi) is 10.9. The monoisotopic (exact) mass is 535 g/mol. The number of benzene rings is 2. The topological polar surface area (TPSA) is 90.0 Å². The third kappa shape index (κ3) is 9.81. The highest BCUT2D eigenvalue weighted by atomic mass is 19.4. The quantitative estimate of drug-likeness (QED) is 0.573. The minimum Gasteiger partial charge on any atom is -0.475 e. The molecular weight excluding hydrogens is 499 g/mol. The summed E-state index contributed by atoms with van der Waals surface area (Å²) >= 11 is 0. The summed E-state index contributed by atoms with van der Waals surface area (Å²) in [6.45, 7) is 12.6. The number of alkyl halides is 3. The molecule has 2 amide bonds. The third-order valence-corrected chi connectivity index (χ3v) is 6.05. The summed E-state index contributed by atoms with van der Waals surface area (Å²) in [7, 11) is 0. The van der Waals surface area contributed by atoms with Gasteiger partial charge in [-0.15, -0.1) is 0 Å². The molecule has 0 aliphatic carbocycles. The van der Waals surface area contributed by atoms with Gasteiger partial charge < -0.3 is 20.2 Å². The maximum atomic E-state index is 13.4. The number of aryl methyl sites for hydroxylation is 1. The van der Waals surface area contributed by atoms with E-state index in [0.29, 0.717) is 25.1 Å². The Hall–Kier alpha value is -3.40. The van der Waals surface area contributed by atoms with Gasteiger partial charge in [-0.1, -0.05) is 62.7 Å². The van der Waals surface area contributed by atoms with Crippen LogP contribution >= 0.6 is 0 Å². The fraction of sp³-hybridized carbons (Fsp3) is 0.464. The van der Waals surface area contributed by atoms with E-state index >= 15 is 0 Å². The molecule has 0 atom stereocenters. The minimum absolute atomic E-state index is 0.0323. The van der Waals surface area contributed by atoms with Crippen molar-refractivity contribution in [3.63, 3.8) is 0 Å². The van der Waals surface area contributed by atoms with Crippen LogP contribution in [0.4, 0.5) is 13.2 Å². The van der Waals surface area contributed by atoms with Gasteiger partial charge in [0.25, 0.3) is 5.91 Å². The van der Waals surface area contributed by atoms with Gasteiger partial charge in [0.05, 0.1) is 0 Å². The molecule has 2 aromatic rings. The molecule has 2 N–H and O–H groups in total. The largest absolute Gasteiger partial charge is 0.490 e. The third-order valence-electron chi connectivity index (χ3n) is 6.05. The van der Waals surface area contributed by atoms with Crippen molar-refractivity contribution < 1.29 is 32.7 Å². The lowest BCUT2D eigenvalue weighted by atomic mass is 9.86. The van der Waals surface area contributed by atoms with Crippen molar-refractivity contribution in [2.45, 2.75) is 52.3 Å². The lowest BCUT2D eigenvalue weighted by Crippen LogP contribution is -2.47. The van der Waals surface area contributed by atoms with Crippen molar-refractivity contribution in [3.8, 4) is 0 Å². The Labute approximate surface area is 221 Å². The van der Waals surface area contributed by atoms with Crippen molar-refractivity contribution in [2.75, 3.05) is 32.7 Å². The summed E-state index contributed by atoms with van der Waals surface area (Å²) in [5, 5.41) is 10.4. The molecule has 0 aromatic heterocycles. The number of nitrogens with zero attached hydrogens (tertiary/aromatic N) is 2. The lowest BCUT2D eigenvalue weighted by molar-refractivity contribution is -0.192. The van der Waals surface area contributed by atoms with E-state index in [0.717, 1.165) is 37.3 Å². The van der Waals surface area contributed by atoms with Crippen molar-refractivity contribution in [1.29, 1.82) is 0 Å². The molecule has 0 saturated carbocycles. The van der Waals surface area contributed by atoms with Crippen LogP contribution in [0.25, 0.3) is 0 Å². The summed E-state index contributed by atoms with van der Waals surface area (Å²) in [6.07, 6.45) is -4.74. The molecule has 0 unspecified atom stereocenters. The first-order valence-electron chi connectivity index (χ1n) is 12.4. The molecule has 3 rings (SSSR count). The summed E-state index contributed by atoms with van der Waals surface area (Å²) in [5.41, 5.74) is 4.14. The minimum atomic E-state index is -5.08. The highest BCUT2D eigenvalue weighted by Gasteiger charge is 2.38. The van der Waals surface area contributed by atoms with Gasteiger partial charge in [0.1, 0.15) is 0 Å². The van der Waals surface area contributed by atoms with Crippen molar-refractivity contribution in [1.82, 2.24) is 15.1 Å². The number of carbonyl (C=O) groups is 3. The number of carboxylic acid groups (broad SMARTS) is 1. The van der Waals surface area contributed by atoms with Gasteiger partial charge in [-0.05, 0) is 35.6 Å². The van der Waals surface area contributed by atoms with Gasteiger partial charge in [-0.25, -0.2) is 4.79 Å². The second-order valence-electron chi connectivity index (χ2n) is 10.2. The molecule has 1 aliphatic heterocycles. The number of hydrogen-bond acceptors (Lipinski definition) is 4. The Morgan fingerprint density at radius 1 is 1.00 bits per heavy atom. The zero-order valence-corrected chi connectivity index (χ0v) is 22.3. The number of carbonyl (C=O) groups excluding carboxylic acids is 2. The van der Waals surface area contributed by atoms with E-state index in [1.807, 2.05) is 41.3 Å². The molecule has 38 heavy (non-hydrogen) atoms. The Morgan fingerprint density at radius 3 is 2.08 bits per heavy atom. The predicted molar refractivity (Wildman–Crippen MR) is 139 cm³/mol. The molecule has 7 nitrogen and oxygen atoms in total. The van der Waals surface area contributed by atoms with E-state index in [1.54, 1.807) is 4.90 Å². The van der Waals surface area contributed by atoms with Crippen LogP contribution in [0.1, 0.15) is 54.2 Å². The van der Waals surface area contributed by atoms with Crippen molar-refractivity contribution in [3.05, 3.63) is 70.8 Å². The second-order valence-corrected chi connectivity index (χ2v) is 10.2. The number of amides is 2. The lowest BCUT2D eigenvalue weighted by Gasteiger charge is -2.29. The van der Waals surface area contributed by atoms with Crippen LogP contribution in [-0.4, -0.2) is 71.6 Å². The zero-order chi connectivity index (χ0) is 28.5. The van der Waals surface area contributed by atoms with Gasteiger partial charge in [0.15, 0.2) is 0 Å². The smallest absolute Gasteiger partial charge is 0.475 e. The maximum absolute atomic E-state index is 13.4. The van der Waals surface area contributed by atoms with Gasteiger partial charge >= 0.3 is 12.1 Å². The molecule has 0 radical (unpaired) electrons. The highest BCUT2D eigenvalue weighted by molar-refractivity contribution is 5.94. The standard InChI is InChI=1S/C26H35N3O2.C2HF3O2/c1-20-6-5-7-21(18-20)19-29(15-12-24(30)28-16-13-27-14-17-28)25(31)22-8-10-23(11-9-22)26(2,3)4;3-2(4,5)1(6)7/h5-11,18,27H,12-17,19H2,1-4H3;(H,6,7). The molecule has 2 aromatic carbocycles. The van der Waals surface area contributed by atoms with Gasteiger partial charge in [0, 0.05) is 51.3 Å². The molecule has 0 spiro atoms. The van der Waals surface area contributed by atoms with Crippen LogP contribution in [-0.2, 0) is 21.5 Å². The molecular formula is C28H36F3N3O4. The van der Waals surface area contributed by atoms with E-state index in [1.165, 1.54) is 5.56 Å². The fourth-order valence-electron chi connectivity index (χ4n) is 3.88. The van der Waals surface area contributed by atoms with Crippen LogP contribution in [0, 0.1) is 6.92 Å². The highest BCUT2D eigenvalue weighted by Crippen LogP contribution is 2.23. The Morgan fingerprint density at radius 2 is 1.58 bits per heavy atom. The first-order valence-corrected chi connectivity index (χ1v) is 12.4. The zero-order valence-electron chi connectivity index (χ0n) is 22.3. The van der Waals surface area contributed by atoms with E-state index in [-0.39, 0.29) is 17.2 Å². The number of nitrogens with one attached hydrogen (secondary N) is 1. The number of hydrogen-bond donors (Lipinski definition) is 2. The van der Waals surface area contributed by atoms with Crippen LogP contribution < -0.4 is 5.32 Å². The molecule has 1 fully saturated rings. The van der Waals surface area contributed by atoms with Gasteiger partial charge in [-0.2, -0.15) is 13.2 Å². The number of piperazine rings is 1. The van der Waals surface area contributed by atoms with Gasteiger partial charge in [0.2, 0.25) is 5.91 Å². The predicted octanol–water partition coefficient (Wildman–Crippen LogP) is 4.39. The summed E-state index contributed by atoms with van der Waals surface area (Å²) in [6, 6.07) is 16.1. The van der Waals surface area contributed by atoms with E-state index in [2.05, 4.69) is 45.1 Å². The summed E-state index contributed by atoms with van der Waals surface area (Å²) in [4.78, 5) is 38.7. The maximum Gasteiger partial charge on any atom is 0.490 e. The fourth-order valence-corrected chi connectivity index (χ4v) is 3.88. The number of aliphatic carboxylic acids is 1. The second kappa shape index (κ2) is 13.4. The molecule has 0 bridgehead atoms. The number of halogens is 3. The van der Waals surface area contributed by atoms with E-state index in [9.17, 15) is 22.8 Å². The average Bonchev–Trinajstić information content (AvgIpc) is 2.86. The van der Waals surface area contributed by atoms with Crippen molar-refractivity contribution >= 4 is 17.8 Å². The molecule has 1 heterocycles. The number of rotatable bonds is 6. The Balaban J connectivity index is 0.000000638. The Bertz CT molecular complexity index is 1090. The molecule has 1 aliphatic rings. The van der Waals surface area contributed by atoms with Crippen LogP contribution in [0.2, 0.25) is 0 Å². The molecule has 10 heteroatoms. The summed E-state index contributed by atoms with van der Waals surface area (Å²) in [5.74, 6) is -2.67. The van der Waals surface area contributed by atoms with Gasteiger partial charge in [-0.3, -0.25) is 9.59 Å². The normalized spacial score (nSPS) is 13.8. The molecule has 208 valence electrons. The first-order chi connectivity index (χ1) is 17.7. The first kappa shape index (κ1) is 30.8.